The number of benzene rings is 4. The molecule has 0 radical (unpaired) electrons. The Hall–Kier alpha value is -4.70. The SMILES string of the molecule is Cc1ccc(-c2oc(=O)c3ccccc3c2-c2c(O)ccc3ccc(-c4ccccc4)cc23)nc1. The molecule has 4 nitrogen and oxygen atoms in total. The first-order chi connectivity index (χ1) is 17.1. The van der Waals surface area contributed by atoms with E-state index in [4.69, 9.17) is 4.42 Å². The maximum Gasteiger partial charge on any atom is 0.344 e. The lowest BCUT2D eigenvalue weighted by atomic mass is 9.90. The van der Waals surface area contributed by atoms with Gasteiger partial charge in [0, 0.05) is 22.7 Å². The number of nitrogens with zero attached hydrogens (tertiary/aromatic N) is 1. The Kier molecular flexibility index (Phi) is 4.93. The van der Waals surface area contributed by atoms with Crippen LogP contribution in [0.3, 0.4) is 0 Å². The van der Waals surface area contributed by atoms with Crippen LogP contribution in [0.15, 0.2) is 112 Å². The topological polar surface area (TPSA) is 63.3 Å². The maximum absolute atomic E-state index is 13.0. The average molecular weight is 456 g/mol. The molecular formula is C31H21NO3. The first kappa shape index (κ1) is 20.9. The van der Waals surface area contributed by atoms with Crippen LogP contribution in [0.5, 0.6) is 5.75 Å². The van der Waals surface area contributed by atoms with E-state index < -0.39 is 5.63 Å². The predicted octanol–water partition coefficient (Wildman–Crippen LogP) is 7.36. The second kappa shape index (κ2) is 8.26. The molecule has 2 heterocycles. The number of pyridine rings is 1. The molecule has 6 rings (SSSR count). The minimum Gasteiger partial charge on any atom is -0.507 e. The number of hydrogen-bond acceptors (Lipinski definition) is 4. The molecule has 1 N–H and O–H groups in total. The molecule has 0 spiro atoms. The van der Waals surface area contributed by atoms with Crippen LogP contribution in [0.4, 0.5) is 0 Å². The predicted molar refractivity (Wildman–Crippen MR) is 140 cm³/mol. The highest BCUT2D eigenvalue weighted by atomic mass is 16.4. The second-order valence-corrected chi connectivity index (χ2v) is 8.62. The number of phenols is 1. The van der Waals surface area contributed by atoms with E-state index in [0.717, 1.165) is 27.5 Å². The van der Waals surface area contributed by atoms with Gasteiger partial charge in [-0.3, -0.25) is 4.98 Å². The molecule has 0 fully saturated rings. The molecule has 35 heavy (non-hydrogen) atoms. The lowest BCUT2D eigenvalue weighted by Gasteiger charge is -2.16. The number of rotatable bonds is 3. The quantitative estimate of drug-likeness (QED) is 0.303. The van der Waals surface area contributed by atoms with Crippen LogP contribution in [-0.2, 0) is 0 Å². The van der Waals surface area contributed by atoms with Crippen molar-refractivity contribution < 1.29 is 9.52 Å². The van der Waals surface area contributed by atoms with E-state index in [1.54, 1.807) is 18.3 Å². The highest BCUT2D eigenvalue weighted by Gasteiger charge is 2.22. The summed E-state index contributed by atoms with van der Waals surface area (Å²) < 4.78 is 5.89. The molecule has 0 aliphatic rings. The summed E-state index contributed by atoms with van der Waals surface area (Å²) in [6.07, 6.45) is 1.74. The Morgan fingerprint density at radius 3 is 2.23 bits per heavy atom. The van der Waals surface area contributed by atoms with Crippen molar-refractivity contribution in [1.29, 1.82) is 0 Å². The summed E-state index contributed by atoms with van der Waals surface area (Å²) in [4.78, 5) is 17.5. The van der Waals surface area contributed by atoms with Crippen molar-refractivity contribution in [2.45, 2.75) is 6.92 Å². The molecular weight excluding hydrogens is 434 g/mol. The lowest BCUT2D eigenvalue weighted by molar-refractivity contribution is 0.477. The van der Waals surface area contributed by atoms with Gasteiger partial charge in [0.2, 0.25) is 0 Å². The standard InChI is InChI=1S/C31H21NO3/c1-19-11-15-26(32-18-19)30-29(23-9-5-6-10-24(23)31(34)35-30)28-25-17-22(20-7-3-2-4-8-20)13-12-21(25)14-16-27(28)33/h2-18,33H,1H3. The summed E-state index contributed by atoms with van der Waals surface area (Å²) in [6, 6.07) is 31.0. The van der Waals surface area contributed by atoms with E-state index >= 15 is 0 Å². The number of aromatic hydroxyl groups is 1. The Bertz CT molecular complexity index is 1770. The molecule has 0 aliphatic carbocycles. The van der Waals surface area contributed by atoms with Crippen LogP contribution in [0.1, 0.15) is 5.56 Å². The number of phenolic OH excluding ortho intramolecular Hbond substituents is 1. The van der Waals surface area contributed by atoms with Crippen molar-refractivity contribution in [1.82, 2.24) is 4.98 Å². The van der Waals surface area contributed by atoms with Crippen LogP contribution in [-0.4, -0.2) is 10.1 Å². The van der Waals surface area contributed by atoms with Gasteiger partial charge in [-0.1, -0.05) is 72.8 Å². The summed E-state index contributed by atoms with van der Waals surface area (Å²) in [5.74, 6) is 0.441. The second-order valence-electron chi connectivity index (χ2n) is 8.62. The Labute approximate surface area is 201 Å². The largest absolute Gasteiger partial charge is 0.507 e. The first-order valence-corrected chi connectivity index (χ1v) is 11.4. The van der Waals surface area contributed by atoms with Crippen LogP contribution in [0.2, 0.25) is 0 Å². The first-order valence-electron chi connectivity index (χ1n) is 11.4. The Morgan fingerprint density at radius 2 is 1.46 bits per heavy atom. The van der Waals surface area contributed by atoms with Crippen LogP contribution < -0.4 is 5.63 Å². The monoisotopic (exact) mass is 455 g/mol. The van der Waals surface area contributed by atoms with Crippen molar-refractivity contribution in [3.05, 3.63) is 119 Å². The van der Waals surface area contributed by atoms with Crippen molar-refractivity contribution in [2.24, 2.45) is 0 Å². The highest BCUT2D eigenvalue weighted by Crippen LogP contribution is 2.44. The molecule has 2 aromatic heterocycles. The third-order valence-corrected chi connectivity index (χ3v) is 6.34. The molecule has 0 unspecified atom stereocenters. The van der Waals surface area contributed by atoms with Crippen molar-refractivity contribution in [3.63, 3.8) is 0 Å². The smallest absolute Gasteiger partial charge is 0.344 e. The average Bonchev–Trinajstić information content (AvgIpc) is 2.90. The normalized spacial score (nSPS) is 11.2. The van der Waals surface area contributed by atoms with Gasteiger partial charge < -0.3 is 9.52 Å². The maximum atomic E-state index is 13.0. The molecule has 0 bridgehead atoms. The van der Waals surface area contributed by atoms with Crippen LogP contribution in [0, 0.1) is 6.92 Å². The van der Waals surface area contributed by atoms with Gasteiger partial charge >= 0.3 is 5.63 Å². The van der Waals surface area contributed by atoms with Gasteiger partial charge in [-0.15, -0.1) is 0 Å². The van der Waals surface area contributed by atoms with Crippen LogP contribution in [0.25, 0.3) is 55.3 Å². The van der Waals surface area contributed by atoms with E-state index in [0.29, 0.717) is 33.4 Å². The van der Waals surface area contributed by atoms with E-state index in [2.05, 4.69) is 29.2 Å². The summed E-state index contributed by atoms with van der Waals surface area (Å²) in [5, 5.41) is 14.2. The van der Waals surface area contributed by atoms with Crippen molar-refractivity contribution in [3.8, 4) is 39.5 Å². The molecule has 0 aliphatic heterocycles. The summed E-state index contributed by atoms with van der Waals surface area (Å²) >= 11 is 0. The van der Waals surface area contributed by atoms with Gasteiger partial charge in [-0.2, -0.15) is 0 Å². The van der Waals surface area contributed by atoms with E-state index in [1.807, 2.05) is 67.6 Å². The van der Waals surface area contributed by atoms with Gasteiger partial charge in [0.1, 0.15) is 11.4 Å². The molecule has 0 saturated carbocycles. The molecule has 4 heteroatoms. The third kappa shape index (κ3) is 3.56. The fourth-order valence-corrected chi connectivity index (χ4v) is 4.61. The molecule has 6 aromatic rings. The number of aryl methyl sites for hydroxylation is 1. The highest BCUT2D eigenvalue weighted by molar-refractivity contribution is 6.11. The Balaban J connectivity index is 1.75. The molecule has 0 atom stereocenters. The summed E-state index contributed by atoms with van der Waals surface area (Å²) in [5.41, 5.74) is 4.45. The zero-order valence-electron chi connectivity index (χ0n) is 19.0. The minimum absolute atomic E-state index is 0.107. The molecule has 4 aromatic carbocycles. The Morgan fingerprint density at radius 1 is 0.714 bits per heavy atom. The van der Waals surface area contributed by atoms with E-state index in [9.17, 15) is 9.90 Å². The summed E-state index contributed by atoms with van der Waals surface area (Å²) in [6.45, 7) is 1.95. The molecule has 0 saturated heterocycles. The van der Waals surface area contributed by atoms with Gasteiger partial charge in [-0.05, 0) is 58.7 Å². The zero-order chi connectivity index (χ0) is 23.9. The molecule has 168 valence electrons. The van der Waals surface area contributed by atoms with Crippen molar-refractivity contribution >= 4 is 21.5 Å². The summed E-state index contributed by atoms with van der Waals surface area (Å²) in [7, 11) is 0. The number of fused-ring (bicyclic) bond motifs is 2. The lowest BCUT2D eigenvalue weighted by Crippen LogP contribution is -2.04. The van der Waals surface area contributed by atoms with Crippen LogP contribution >= 0.6 is 0 Å². The van der Waals surface area contributed by atoms with Gasteiger partial charge in [-0.25, -0.2) is 4.79 Å². The van der Waals surface area contributed by atoms with E-state index in [1.165, 1.54) is 0 Å². The number of hydrogen-bond donors (Lipinski definition) is 1. The van der Waals surface area contributed by atoms with Gasteiger partial charge in [0.25, 0.3) is 0 Å². The third-order valence-electron chi connectivity index (χ3n) is 6.34. The minimum atomic E-state index is -0.438. The van der Waals surface area contributed by atoms with Crippen molar-refractivity contribution in [2.75, 3.05) is 0 Å². The van der Waals surface area contributed by atoms with E-state index in [-0.39, 0.29) is 5.75 Å². The van der Waals surface area contributed by atoms with Gasteiger partial charge in [0.05, 0.1) is 5.39 Å². The fraction of sp³-hybridized carbons (Fsp3) is 0.0323. The fourth-order valence-electron chi connectivity index (χ4n) is 4.61. The molecule has 0 amide bonds. The van der Waals surface area contributed by atoms with Gasteiger partial charge in [0.15, 0.2) is 5.76 Å². The zero-order valence-corrected chi connectivity index (χ0v) is 19.0. The number of aromatic nitrogens is 1.